The van der Waals surface area contributed by atoms with Crippen LogP contribution in [0, 0.1) is 0 Å². The highest BCUT2D eigenvalue weighted by molar-refractivity contribution is 9.12. The highest BCUT2D eigenvalue weighted by Gasteiger charge is 2.30. The van der Waals surface area contributed by atoms with Gasteiger partial charge in [-0.05, 0) is 47.1 Å². The lowest BCUT2D eigenvalue weighted by molar-refractivity contribution is -0.120. The van der Waals surface area contributed by atoms with Gasteiger partial charge in [-0.2, -0.15) is 0 Å². The largest absolute Gasteiger partial charge is 0.494 e. The van der Waals surface area contributed by atoms with Crippen LogP contribution in [0.4, 0.5) is 5.69 Å². The van der Waals surface area contributed by atoms with E-state index in [1.165, 1.54) is 6.08 Å². The van der Waals surface area contributed by atoms with Crippen molar-refractivity contribution >= 4 is 33.4 Å². The van der Waals surface area contributed by atoms with Gasteiger partial charge in [0, 0.05) is 6.08 Å². The highest BCUT2D eigenvalue weighted by atomic mass is 79.9. The molecule has 1 aromatic carbocycles. The van der Waals surface area contributed by atoms with Crippen LogP contribution in [0.2, 0.25) is 0 Å². The van der Waals surface area contributed by atoms with Crippen molar-refractivity contribution in [2.24, 2.45) is 0 Å². The summed E-state index contributed by atoms with van der Waals surface area (Å²) in [6.45, 7) is 2.47. The number of carbonyl (C=O) groups excluding carboxylic acids is 2. The molecule has 0 bridgehead atoms. The zero-order valence-corrected chi connectivity index (χ0v) is 10.7. The quantitative estimate of drug-likeness (QED) is 0.804. The number of ether oxygens (including phenoxy) is 1. The fourth-order valence-electron chi connectivity index (χ4n) is 1.54. The van der Waals surface area contributed by atoms with E-state index < -0.39 is 0 Å². The average Bonchev–Trinajstić information content (AvgIpc) is 2.55. The summed E-state index contributed by atoms with van der Waals surface area (Å²) < 4.78 is 5.56. The third kappa shape index (κ3) is 2.24. The van der Waals surface area contributed by atoms with Gasteiger partial charge in [-0.3, -0.25) is 9.59 Å². The Balaban J connectivity index is 2.24. The van der Waals surface area contributed by atoms with Crippen molar-refractivity contribution < 1.29 is 14.3 Å². The van der Waals surface area contributed by atoms with E-state index >= 15 is 0 Å². The van der Waals surface area contributed by atoms with Crippen LogP contribution < -0.4 is 9.64 Å². The first-order valence-electron chi connectivity index (χ1n) is 5.12. The summed E-state index contributed by atoms with van der Waals surface area (Å²) in [4.78, 5) is 24.4. The zero-order chi connectivity index (χ0) is 12.4. The van der Waals surface area contributed by atoms with Gasteiger partial charge in [0.1, 0.15) is 5.75 Å². The summed E-state index contributed by atoms with van der Waals surface area (Å²) in [7, 11) is 0. The lowest BCUT2D eigenvalue weighted by Crippen LogP contribution is -2.30. The SMILES string of the molecule is CCOc1ccc(N2C(=O)C=C(Br)C2=O)cc1. The molecule has 0 unspecified atom stereocenters. The van der Waals surface area contributed by atoms with Crippen LogP contribution in [0.3, 0.4) is 0 Å². The van der Waals surface area contributed by atoms with Crippen LogP contribution in [-0.4, -0.2) is 18.4 Å². The summed E-state index contributed by atoms with van der Waals surface area (Å²) >= 11 is 3.05. The Bertz CT molecular complexity index is 493. The van der Waals surface area contributed by atoms with Gasteiger partial charge >= 0.3 is 0 Å². The molecule has 0 saturated carbocycles. The average molecular weight is 296 g/mol. The van der Waals surface area contributed by atoms with Crippen LogP contribution in [0.15, 0.2) is 34.8 Å². The second kappa shape index (κ2) is 4.71. The number of benzene rings is 1. The monoisotopic (exact) mass is 295 g/mol. The molecular formula is C12H10BrNO3. The van der Waals surface area contributed by atoms with Crippen LogP contribution in [0.5, 0.6) is 5.75 Å². The molecule has 0 saturated heterocycles. The van der Waals surface area contributed by atoms with Gasteiger partial charge in [0.25, 0.3) is 11.8 Å². The molecule has 5 heteroatoms. The third-order valence-corrected chi connectivity index (χ3v) is 2.85. The van der Waals surface area contributed by atoms with Gasteiger partial charge in [-0.1, -0.05) is 0 Å². The Hall–Kier alpha value is -1.62. The van der Waals surface area contributed by atoms with E-state index in [4.69, 9.17) is 4.74 Å². The van der Waals surface area contributed by atoms with Gasteiger partial charge in [0.15, 0.2) is 0 Å². The van der Waals surface area contributed by atoms with Crippen molar-refractivity contribution in [3.05, 3.63) is 34.8 Å². The van der Waals surface area contributed by atoms with E-state index in [9.17, 15) is 9.59 Å². The Morgan fingerprint density at radius 3 is 2.35 bits per heavy atom. The molecule has 1 aromatic rings. The van der Waals surface area contributed by atoms with Crippen LogP contribution in [0.25, 0.3) is 0 Å². The number of anilines is 1. The van der Waals surface area contributed by atoms with Crippen LogP contribution in [-0.2, 0) is 9.59 Å². The first-order valence-corrected chi connectivity index (χ1v) is 5.91. The fourth-order valence-corrected chi connectivity index (χ4v) is 1.92. The molecule has 0 aromatic heterocycles. The van der Waals surface area contributed by atoms with Gasteiger partial charge in [-0.25, -0.2) is 4.90 Å². The first kappa shape index (κ1) is 11.9. The third-order valence-electron chi connectivity index (χ3n) is 2.28. The molecule has 1 heterocycles. The summed E-state index contributed by atoms with van der Waals surface area (Å²) in [5.74, 6) is 0.0209. The normalized spacial score (nSPS) is 15.2. The molecule has 1 aliphatic rings. The number of halogens is 1. The minimum absolute atomic E-state index is 0.274. The minimum atomic E-state index is -0.348. The number of nitrogens with zero attached hydrogens (tertiary/aromatic N) is 1. The second-order valence-corrected chi connectivity index (χ2v) is 4.25. The molecule has 0 radical (unpaired) electrons. The number of carbonyl (C=O) groups is 2. The van der Waals surface area contributed by atoms with Gasteiger partial charge < -0.3 is 4.74 Å². The maximum Gasteiger partial charge on any atom is 0.272 e. The summed E-state index contributed by atoms with van der Waals surface area (Å²) in [6.07, 6.45) is 1.26. The van der Waals surface area contributed by atoms with E-state index in [1.807, 2.05) is 6.92 Å². The maximum atomic E-state index is 11.7. The van der Waals surface area contributed by atoms with Gasteiger partial charge in [0.2, 0.25) is 0 Å². The molecule has 0 N–H and O–H groups in total. The lowest BCUT2D eigenvalue weighted by Gasteiger charge is -2.14. The second-order valence-electron chi connectivity index (χ2n) is 3.40. The van der Waals surface area contributed by atoms with E-state index in [0.29, 0.717) is 18.0 Å². The zero-order valence-electron chi connectivity index (χ0n) is 9.14. The molecule has 4 nitrogen and oxygen atoms in total. The van der Waals surface area contributed by atoms with Crippen molar-refractivity contribution in [2.45, 2.75) is 6.92 Å². The van der Waals surface area contributed by atoms with E-state index in [0.717, 1.165) is 4.90 Å². The maximum absolute atomic E-state index is 11.7. The van der Waals surface area contributed by atoms with Crippen molar-refractivity contribution in [3.63, 3.8) is 0 Å². The predicted octanol–water partition coefficient (Wildman–Crippen LogP) is 2.24. The van der Waals surface area contributed by atoms with Crippen molar-refractivity contribution in [2.75, 3.05) is 11.5 Å². The molecule has 0 aliphatic carbocycles. The van der Waals surface area contributed by atoms with Crippen molar-refractivity contribution in [3.8, 4) is 5.75 Å². The fraction of sp³-hybridized carbons (Fsp3) is 0.167. The van der Waals surface area contributed by atoms with Crippen LogP contribution >= 0.6 is 15.9 Å². The molecule has 0 atom stereocenters. The number of hydrogen-bond donors (Lipinski definition) is 0. The molecule has 88 valence electrons. The number of hydrogen-bond acceptors (Lipinski definition) is 3. The Kier molecular flexibility index (Phi) is 3.28. The molecule has 0 spiro atoms. The molecule has 1 aliphatic heterocycles. The summed E-state index contributed by atoms with van der Waals surface area (Å²) in [5.41, 5.74) is 0.536. The lowest BCUT2D eigenvalue weighted by atomic mass is 10.3. The van der Waals surface area contributed by atoms with Gasteiger partial charge in [-0.15, -0.1) is 0 Å². The summed E-state index contributed by atoms with van der Waals surface area (Å²) in [6, 6.07) is 6.82. The number of rotatable bonds is 3. The Labute approximate surface area is 107 Å². The van der Waals surface area contributed by atoms with E-state index in [1.54, 1.807) is 24.3 Å². The van der Waals surface area contributed by atoms with Crippen molar-refractivity contribution in [1.82, 2.24) is 0 Å². The standard InChI is InChI=1S/C12H10BrNO3/c1-2-17-9-5-3-8(4-6-9)14-11(15)7-10(13)12(14)16/h3-7H,2H2,1H3. The Morgan fingerprint density at radius 2 is 1.88 bits per heavy atom. The summed E-state index contributed by atoms with van der Waals surface area (Å²) in [5, 5.41) is 0. The minimum Gasteiger partial charge on any atom is -0.494 e. The predicted molar refractivity (Wildman–Crippen MR) is 67.1 cm³/mol. The Morgan fingerprint density at radius 1 is 1.24 bits per heavy atom. The van der Waals surface area contributed by atoms with E-state index in [2.05, 4.69) is 15.9 Å². The number of imide groups is 1. The molecule has 2 amide bonds. The molecule has 2 rings (SSSR count). The van der Waals surface area contributed by atoms with E-state index in [-0.39, 0.29) is 16.3 Å². The number of amides is 2. The van der Waals surface area contributed by atoms with Crippen LogP contribution in [0.1, 0.15) is 6.92 Å². The smallest absolute Gasteiger partial charge is 0.272 e. The topological polar surface area (TPSA) is 46.6 Å². The molecule has 0 fully saturated rings. The first-order chi connectivity index (χ1) is 8.13. The van der Waals surface area contributed by atoms with Gasteiger partial charge in [0.05, 0.1) is 16.8 Å². The highest BCUT2D eigenvalue weighted by Crippen LogP contribution is 2.26. The molecular weight excluding hydrogens is 286 g/mol. The van der Waals surface area contributed by atoms with Crippen molar-refractivity contribution in [1.29, 1.82) is 0 Å². The molecule has 17 heavy (non-hydrogen) atoms.